The van der Waals surface area contributed by atoms with Gasteiger partial charge in [-0.1, -0.05) is 24.3 Å². The Labute approximate surface area is 142 Å². The van der Waals surface area contributed by atoms with Crippen LogP contribution in [0.5, 0.6) is 0 Å². The monoisotopic (exact) mass is 407 g/mol. The van der Waals surface area contributed by atoms with Crippen LogP contribution in [0.25, 0.3) is 0 Å². The van der Waals surface area contributed by atoms with Crippen LogP contribution >= 0.6 is 22.6 Å². The fourth-order valence-corrected chi connectivity index (χ4v) is 2.89. The van der Waals surface area contributed by atoms with Crippen LogP contribution in [0.1, 0.15) is 21.5 Å². The van der Waals surface area contributed by atoms with E-state index in [-0.39, 0.29) is 5.91 Å². The molecule has 0 unspecified atom stereocenters. The molecule has 22 heavy (non-hydrogen) atoms. The van der Waals surface area contributed by atoms with Crippen LogP contribution in [0.4, 0.5) is 5.69 Å². The number of hydrogen-bond acceptors (Lipinski definition) is 3. The van der Waals surface area contributed by atoms with Gasteiger partial charge < -0.3 is 10.1 Å². The van der Waals surface area contributed by atoms with Gasteiger partial charge in [0.25, 0.3) is 5.91 Å². The van der Waals surface area contributed by atoms with Crippen LogP contribution in [-0.2, 0) is 16.0 Å². The lowest BCUT2D eigenvalue weighted by Gasteiger charge is -2.23. The van der Waals surface area contributed by atoms with Crippen molar-refractivity contribution in [2.24, 2.45) is 0 Å². The van der Waals surface area contributed by atoms with Crippen molar-refractivity contribution in [2.45, 2.75) is 19.4 Å². The third-order valence-corrected chi connectivity index (χ3v) is 4.79. The average Bonchev–Trinajstić information content (AvgIpc) is 2.51. The molecule has 1 atom stereocenters. The highest BCUT2D eigenvalue weighted by atomic mass is 127. The summed E-state index contributed by atoms with van der Waals surface area (Å²) in [5.74, 6) is -0.747. The van der Waals surface area contributed by atoms with Crippen molar-refractivity contribution < 1.29 is 14.3 Å². The highest BCUT2D eigenvalue weighted by molar-refractivity contribution is 14.1. The Morgan fingerprint density at radius 3 is 2.82 bits per heavy atom. The summed E-state index contributed by atoms with van der Waals surface area (Å²) in [5.41, 5.74) is 3.24. The second-order valence-electron chi connectivity index (χ2n) is 5.21. The molecule has 5 heteroatoms. The molecule has 0 bridgehead atoms. The second-order valence-corrected chi connectivity index (χ2v) is 6.37. The zero-order chi connectivity index (χ0) is 15.7. The van der Waals surface area contributed by atoms with Crippen molar-refractivity contribution >= 4 is 40.2 Å². The fraction of sp³-hybridized carbons (Fsp3) is 0.176. The van der Waals surface area contributed by atoms with Crippen molar-refractivity contribution in [3.05, 3.63) is 62.7 Å². The number of cyclic esters (lactones) is 1. The molecule has 2 aromatic carbocycles. The average molecular weight is 407 g/mol. The van der Waals surface area contributed by atoms with Crippen molar-refractivity contribution in [2.75, 3.05) is 5.32 Å². The van der Waals surface area contributed by atoms with Crippen LogP contribution in [0.3, 0.4) is 0 Å². The van der Waals surface area contributed by atoms with Crippen molar-refractivity contribution in [1.29, 1.82) is 0 Å². The molecule has 2 aromatic rings. The quantitative estimate of drug-likeness (QED) is 0.614. The first-order valence-corrected chi connectivity index (χ1v) is 7.98. The number of benzene rings is 2. The number of carbonyl (C=O) groups is 2. The summed E-state index contributed by atoms with van der Waals surface area (Å²) in [6, 6.07) is 12.9. The number of hydrogen-bond donors (Lipinski definition) is 1. The van der Waals surface area contributed by atoms with E-state index in [1.807, 2.05) is 37.3 Å². The molecule has 112 valence electrons. The van der Waals surface area contributed by atoms with Gasteiger partial charge in [-0.15, -0.1) is 0 Å². The van der Waals surface area contributed by atoms with Gasteiger partial charge in [-0.25, -0.2) is 4.79 Å². The van der Waals surface area contributed by atoms with Gasteiger partial charge in [0, 0.05) is 15.7 Å². The number of rotatable bonds is 2. The van der Waals surface area contributed by atoms with Gasteiger partial charge in [0.05, 0.1) is 5.56 Å². The van der Waals surface area contributed by atoms with Gasteiger partial charge in [-0.3, -0.25) is 4.79 Å². The van der Waals surface area contributed by atoms with Crippen LogP contribution in [0, 0.1) is 10.5 Å². The summed E-state index contributed by atoms with van der Waals surface area (Å²) >= 11 is 2.22. The third kappa shape index (κ3) is 2.99. The van der Waals surface area contributed by atoms with E-state index in [0.717, 1.165) is 14.7 Å². The maximum atomic E-state index is 12.3. The number of esters is 1. The minimum atomic E-state index is -0.790. The lowest BCUT2D eigenvalue weighted by atomic mass is 9.98. The standard InChI is InChI=1S/C17H14INO3/c1-10-6-7-12(9-14(10)18)19-16(20)15-8-11-4-2-3-5-13(11)17(21)22-15/h2-7,9,15H,8H2,1H3,(H,19,20)/t15-/m1/s1. The minimum absolute atomic E-state index is 0.303. The van der Waals surface area contributed by atoms with Gasteiger partial charge in [0.2, 0.25) is 0 Å². The highest BCUT2D eigenvalue weighted by Gasteiger charge is 2.31. The molecule has 1 heterocycles. The normalized spacial score (nSPS) is 16.6. The predicted molar refractivity (Wildman–Crippen MR) is 91.9 cm³/mol. The molecule has 1 amide bonds. The summed E-state index contributed by atoms with van der Waals surface area (Å²) in [7, 11) is 0. The number of halogens is 1. The van der Waals surface area contributed by atoms with E-state index >= 15 is 0 Å². The van der Waals surface area contributed by atoms with Gasteiger partial charge in [0.1, 0.15) is 0 Å². The number of carbonyl (C=O) groups excluding carboxylic acids is 2. The van der Waals surface area contributed by atoms with Gasteiger partial charge in [-0.05, 0) is 58.8 Å². The van der Waals surface area contributed by atoms with E-state index in [4.69, 9.17) is 4.74 Å². The second kappa shape index (κ2) is 6.08. The number of anilines is 1. The Morgan fingerprint density at radius 1 is 1.27 bits per heavy atom. The molecular formula is C17H14INO3. The molecule has 3 rings (SSSR count). The van der Waals surface area contributed by atoms with Crippen LogP contribution < -0.4 is 5.32 Å². The lowest BCUT2D eigenvalue weighted by molar-refractivity contribution is -0.125. The molecule has 1 aliphatic heterocycles. The van der Waals surface area contributed by atoms with E-state index in [1.54, 1.807) is 12.1 Å². The Morgan fingerprint density at radius 2 is 2.05 bits per heavy atom. The van der Waals surface area contributed by atoms with Crippen molar-refractivity contribution in [1.82, 2.24) is 0 Å². The molecular weight excluding hydrogens is 393 g/mol. The Bertz CT molecular complexity index is 757. The third-order valence-electron chi connectivity index (χ3n) is 3.62. The van der Waals surface area contributed by atoms with Gasteiger partial charge in [-0.2, -0.15) is 0 Å². The number of nitrogens with one attached hydrogen (secondary N) is 1. The predicted octanol–water partition coefficient (Wildman–Crippen LogP) is 3.32. The maximum absolute atomic E-state index is 12.3. The number of aryl methyl sites for hydroxylation is 1. The maximum Gasteiger partial charge on any atom is 0.339 e. The van der Waals surface area contributed by atoms with Gasteiger partial charge in [0.15, 0.2) is 6.10 Å². The summed E-state index contributed by atoms with van der Waals surface area (Å²) in [5, 5.41) is 2.81. The molecule has 0 aromatic heterocycles. The van der Waals surface area contributed by atoms with E-state index in [2.05, 4.69) is 27.9 Å². The summed E-state index contributed by atoms with van der Waals surface area (Å²) in [4.78, 5) is 24.3. The zero-order valence-electron chi connectivity index (χ0n) is 11.9. The molecule has 0 spiro atoms. The van der Waals surface area contributed by atoms with Crippen LogP contribution in [-0.4, -0.2) is 18.0 Å². The van der Waals surface area contributed by atoms with Gasteiger partial charge >= 0.3 is 5.97 Å². The molecule has 0 fully saturated rings. The highest BCUT2D eigenvalue weighted by Crippen LogP contribution is 2.22. The Kier molecular flexibility index (Phi) is 4.15. The largest absolute Gasteiger partial charge is 0.448 e. The lowest BCUT2D eigenvalue weighted by Crippen LogP contribution is -2.37. The Balaban J connectivity index is 1.76. The van der Waals surface area contributed by atoms with E-state index in [1.165, 1.54) is 0 Å². The van der Waals surface area contributed by atoms with Crippen molar-refractivity contribution in [3.63, 3.8) is 0 Å². The first-order valence-electron chi connectivity index (χ1n) is 6.90. The SMILES string of the molecule is Cc1ccc(NC(=O)[C@H]2Cc3ccccc3C(=O)O2)cc1I. The molecule has 1 N–H and O–H groups in total. The molecule has 1 aliphatic rings. The number of ether oxygens (including phenoxy) is 1. The fourth-order valence-electron chi connectivity index (χ4n) is 2.37. The first-order chi connectivity index (χ1) is 10.5. The smallest absolute Gasteiger partial charge is 0.339 e. The first kappa shape index (κ1) is 15.0. The number of amides is 1. The summed E-state index contributed by atoms with van der Waals surface area (Å²) < 4.78 is 6.32. The molecule has 0 saturated carbocycles. The molecule has 0 aliphatic carbocycles. The summed E-state index contributed by atoms with van der Waals surface area (Å²) in [6.45, 7) is 2.01. The van der Waals surface area contributed by atoms with E-state index in [9.17, 15) is 9.59 Å². The van der Waals surface area contributed by atoms with Crippen molar-refractivity contribution in [3.8, 4) is 0 Å². The minimum Gasteiger partial charge on any atom is -0.448 e. The molecule has 0 radical (unpaired) electrons. The van der Waals surface area contributed by atoms with E-state index in [0.29, 0.717) is 17.7 Å². The topological polar surface area (TPSA) is 55.4 Å². The van der Waals surface area contributed by atoms with Crippen LogP contribution in [0.15, 0.2) is 42.5 Å². The Hall–Kier alpha value is -1.89. The molecule has 0 saturated heterocycles. The number of fused-ring (bicyclic) bond motifs is 1. The molecule has 4 nitrogen and oxygen atoms in total. The summed E-state index contributed by atoms with van der Waals surface area (Å²) in [6.07, 6.45) is -0.391. The van der Waals surface area contributed by atoms with Crippen LogP contribution in [0.2, 0.25) is 0 Å². The van der Waals surface area contributed by atoms with E-state index < -0.39 is 12.1 Å². The zero-order valence-corrected chi connectivity index (χ0v) is 14.1.